The van der Waals surface area contributed by atoms with Gasteiger partial charge in [-0.25, -0.2) is 4.98 Å². The standard InChI is InChI=1S/C18H28N6O/c1-5-24-11-15(9-19-24)10-22-6-7-23-12-16(21-18(23)14(22)4)8-17(25)20-13(2)3/h9,11-14H,5-8,10H2,1-4H3,(H,20,25). The van der Waals surface area contributed by atoms with E-state index in [9.17, 15) is 4.79 Å². The van der Waals surface area contributed by atoms with E-state index in [2.05, 4.69) is 39.9 Å². The number of hydrogen-bond acceptors (Lipinski definition) is 4. The van der Waals surface area contributed by atoms with E-state index in [0.717, 1.165) is 37.7 Å². The van der Waals surface area contributed by atoms with Crippen molar-refractivity contribution in [2.45, 2.75) is 65.8 Å². The molecule has 0 aromatic carbocycles. The van der Waals surface area contributed by atoms with Gasteiger partial charge in [0.1, 0.15) is 5.82 Å². The molecule has 0 spiro atoms. The highest BCUT2D eigenvalue weighted by molar-refractivity contribution is 5.78. The SMILES string of the molecule is CCn1cc(CN2CCn3cc(CC(=O)NC(C)C)nc3C2C)cn1. The molecule has 0 fully saturated rings. The van der Waals surface area contributed by atoms with Crippen molar-refractivity contribution < 1.29 is 4.79 Å². The molecule has 1 amide bonds. The number of fused-ring (bicyclic) bond motifs is 1. The maximum Gasteiger partial charge on any atom is 0.226 e. The van der Waals surface area contributed by atoms with Crippen LogP contribution in [0, 0.1) is 0 Å². The van der Waals surface area contributed by atoms with E-state index in [-0.39, 0.29) is 18.0 Å². The Morgan fingerprint density at radius 1 is 1.36 bits per heavy atom. The molecule has 1 N–H and O–H groups in total. The maximum atomic E-state index is 12.0. The lowest BCUT2D eigenvalue weighted by Gasteiger charge is -2.33. The van der Waals surface area contributed by atoms with Gasteiger partial charge >= 0.3 is 0 Å². The Kier molecular flexibility index (Phi) is 5.22. The molecule has 0 bridgehead atoms. The number of imidazole rings is 1. The highest BCUT2D eigenvalue weighted by Crippen LogP contribution is 2.26. The molecule has 0 radical (unpaired) electrons. The lowest BCUT2D eigenvalue weighted by molar-refractivity contribution is -0.120. The number of carbonyl (C=O) groups excluding carboxylic acids is 1. The van der Waals surface area contributed by atoms with Gasteiger partial charge in [0.25, 0.3) is 0 Å². The van der Waals surface area contributed by atoms with Gasteiger partial charge in [0.15, 0.2) is 0 Å². The van der Waals surface area contributed by atoms with E-state index in [4.69, 9.17) is 4.98 Å². The molecular formula is C18H28N6O. The van der Waals surface area contributed by atoms with Crippen molar-refractivity contribution in [1.29, 1.82) is 0 Å². The van der Waals surface area contributed by atoms with Crippen molar-refractivity contribution >= 4 is 5.91 Å². The highest BCUT2D eigenvalue weighted by atomic mass is 16.1. The fraction of sp³-hybridized carbons (Fsp3) is 0.611. The summed E-state index contributed by atoms with van der Waals surface area (Å²) in [4.78, 5) is 19.1. The minimum absolute atomic E-state index is 0.0296. The zero-order chi connectivity index (χ0) is 18.0. The molecular weight excluding hydrogens is 316 g/mol. The van der Waals surface area contributed by atoms with E-state index in [1.807, 2.05) is 30.9 Å². The molecule has 2 aromatic rings. The van der Waals surface area contributed by atoms with Gasteiger partial charge in [-0.3, -0.25) is 14.4 Å². The summed E-state index contributed by atoms with van der Waals surface area (Å²) in [6, 6.07) is 0.379. The van der Waals surface area contributed by atoms with Gasteiger partial charge in [-0.05, 0) is 27.7 Å². The van der Waals surface area contributed by atoms with Crippen LogP contribution in [0.25, 0.3) is 0 Å². The highest BCUT2D eigenvalue weighted by Gasteiger charge is 2.26. The molecule has 0 aliphatic carbocycles. The maximum absolute atomic E-state index is 12.0. The number of nitrogens with one attached hydrogen (secondary N) is 1. The summed E-state index contributed by atoms with van der Waals surface area (Å²) < 4.78 is 4.14. The summed E-state index contributed by atoms with van der Waals surface area (Å²) >= 11 is 0. The van der Waals surface area contributed by atoms with E-state index in [1.165, 1.54) is 5.56 Å². The van der Waals surface area contributed by atoms with E-state index in [0.29, 0.717) is 6.42 Å². The Morgan fingerprint density at radius 3 is 2.84 bits per heavy atom. The van der Waals surface area contributed by atoms with Crippen molar-refractivity contribution in [2.75, 3.05) is 6.54 Å². The monoisotopic (exact) mass is 344 g/mol. The van der Waals surface area contributed by atoms with E-state index < -0.39 is 0 Å². The Labute approximate surface area is 149 Å². The summed E-state index contributed by atoms with van der Waals surface area (Å²) in [5.74, 6) is 1.07. The molecule has 2 aromatic heterocycles. The first-order valence-electron chi connectivity index (χ1n) is 9.07. The van der Waals surface area contributed by atoms with Crippen LogP contribution in [0.1, 0.15) is 50.8 Å². The quantitative estimate of drug-likeness (QED) is 0.867. The van der Waals surface area contributed by atoms with Gasteiger partial charge in [-0.2, -0.15) is 5.10 Å². The molecule has 3 rings (SSSR count). The third kappa shape index (κ3) is 4.10. The molecule has 0 saturated heterocycles. The predicted octanol–water partition coefficient (Wildman–Crippen LogP) is 1.74. The summed E-state index contributed by atoms with van der Waals surface area (Å²) in [5, 5.41) is 7.28. The van der Waals surface area contributed by atoms with Crippen LogP contribution < -0.4 is 5.32 Å². The first-order valence-corrected chi connectivity index (χ1v) is 9.07. The number of rotatable bonds is 6. The van der Waals surface area contributed by atoms with Crippen LogP contribution in [0.2, 0.25) is 0 Å². The second kappa shape index (κ2) is 7.39. The van der Waals surface area contributed by atoms with Gasteiger partial charge in [-0.1, -0.05) is 0 Å². The lowest BCUT2D eigenvalue weighted by atomic mass is 10.2. The first kappa shape index (κ1) is 17.7. The minimum Gasteiger partial charge on any atom is -0.354 e. The number of aromatic nitrogens is 4. The van der Waals surface area contributed by atoms with Crippen LogP contribution >= 0.6 is 0 Å². The van der Waals surface area contributed by atoms with Crippen LogP contribution in [-0.4, -0.2) is 42.7 Å². The number of aryl methyl sites for hydroxylation is 1. The predicted molar refractivity (Wildman–Crippen MR) is 95.9 cm³/mol. The second-order valence-electron chi connectivity index (χ2n) is 7.03. The molecule has 7 heteroatoms. The zero-order valence-corrected chi connectivity index (χ0v) is 15.6. The average Bonchev–Trinajstić information content (AvgIpc) is 3.16. The third-order valence-corrected chi connectivity index (χ3v) is 4.59. The fourth-order valence-corrected chi connectivity index (χ4v) is 3.33. The minimum atomic E-state index is 0.0296. The smallest absolute Gasteiger partial charge is 0.226 e. The second-order valence-corrected chi connectivity index (χ2v) is 7.03. The van der Waals surface area contributed by atoms with Crippen LogP contribution in [0.5, 0.6) is 0 Å². The molecule has 7 nitrogen and oxygen atoms in total. The Hall–Kier alpha value is -2.15. The molecule has 0 saturated carbocycles. The van der Waals surface area contributed by atoms with Gasteiger partial charge in [-0.15, -0.1) is 0 Å². The number of carbonyl (C=O) groups is 1. The van der Waals surface area contributed by atoms with Gasteiger partial charge in [0.05, 0.1) is 24.4 Å². The topological polar surface area (TPSA) is 68.0 Å². The van der Waals surface area contributed by atoms with Gasteiger partial charge in [0, 0.05) is 50.2 Å². The summed E-state index contributed by atoms with van der Waals surface area (Å²) in [7, 11) is 0. The molecule has 1 aliphatic rings. The van der Waals surface area contributed by atoms with Crippen molar-refractivity contribution in [3.05, 3.63) is 35.7 Å². The number of hydrogen-bond donors (Lipinski definition) is 1. The largest absolute Gasteiger partial charge is 0.354 e. The molecule has 3 heterocycles. The van der Waals surface area contributed by atoms with E-state index >= 15 is 0 Å². The van der Waals surface area contributed by atoms with Crippen LogP contribution in [-0.2, 0) is 30.8 Å². The summed E-state index contributed by atoms with van der Waals surface area (Å²) in [6.07, 6.45) is 6.42. The van der Waals surface area contributed by atoms with Crippen molar-refractivity contribution in [2.24, 2.45) is 0 Å². The molecule has 25 heavy (non-hydrogen) atoms. The van der Waals surface area contributed by atoms with Crippen molar-refractivity contribution in [3.8, 4) is 0 Å². The van der Waals surface area contributed by atoms with E-state index in [1.54, 1.807) is 0 Å². The summed E-state index contributed by atoms with van der Waals surface area (Å²) in [5.41, 5.74) is 2.07. The summed E-state index contributed by atoms with van der Waals surface area (Å²) in [6.45, 7) is 11.8. The van der Waals surface area contributed by atoms with Gasteiger partial charge in [0.2, 0.25) is 5.91 Å². The molecule has 1 unspecified atom stereocenters. The lowest BCUT2D eigenvalue weighted by Crippen LogP contribution is -2.36. The Balaban J connectivity index is 1.67. The van der Waals surface area contributed by atoms with Crippen LogP contribution in [0.15, 0.2) is 18.6 Å². The zero-order valence-electron chi connectivity index (χ0n) is 15.6. The Morgan fingerprint density at radius 2 is 2.16 bits per heavy atom. The van der Waals surface area contributed by atoms with Crippen LogP contribution in [0.4, 0.5) is 0 Å². The van der Waals surface area contributed by atoms with Crippen molar-refractivity contribution in [1.82, 2.24) is 29.5 Å². The molecule has 136 valence electrons. The Bertz CT molecular complexity index is 732. The van der Waals surface area contributed by atoms with Crippen molar-refractivity contribution in [3.63, 3.8) is 0 Å². The third-order valence-electron chi connectivity index (χ3n) is 4.59. The van der Waals surface area contributed by atoms with Crippen LogP contribution in [0.3, 0.4) is 0 Å². The average molecular weight is 344 g/mol. The molecule has 1 aliphatic heterocycles. The van der Waals surface area contributed by atoms with Gasteiger partial charge < -0.3 is 9.88 Å². The fourth-order valence-electron chi connectivity index (χ4n) is 3.33. The first-order chi connectivity index (χ1) is 12.0. The number of amides is 1. The number of nitrogens with zero attached hydrogens (tertiary/aromatic N) is 5. The molecule has 1 atom stereocenters. The normalized spacial score (nSPS) is 17.7.